The van der Waals surface area contributed by atoms with Gasteiger partial charge in [0.15, 0.2) is 5.65 Å². The first-order chi connectivity index (χ1) is 16.8. The van der Waals surface area contributed by atoms with Gasteiger partial charge in [-0.15, -0.1) is 0 Å². The van der Waals surface area contributed by atoms with Crippen LogP contribution in [0.4, 0.5) is 5.69 Å². The molecule has 10 heteroatoms. The van der Waals surface area contributed by atoms with Crippen LogP contribution in [-0.2, 0) is 16.6 Å². The molecule has 0 atom stereocenters. The summed E-state index contributed by atoms with van der Waals surface area (Å²) in [5, 5.41) is 3.96. The summed E-state index contributed by atoms with van der Waals surface area (Å²) in [5.41, 5.74) is 2.86. The molecule has 0 aliphatic carbocycles. The highest BCUT2D eigenvalue weighted by Gasteiger charge is 2.21. The van der Waals surface area contributed by atoms with Crippen LogP contribution in [0.25, 0.3) is 11.2 Å². The van der Waals surface area contributed by atoms with Gasteiger partial charge in [0.25, 0.3) is 15.9 Å². The van der Waals surface area contributed by atoms with Gasteiger partial charge in [-0.1, -0.05) is 49.2 Å². The minimum atomic E-state index is -4.02. The van der Waals surface area contributed by atoms with Crippen molar-refractivity contribution in [3.05, 3.63) is 82.8 Å². The highest BCUT2D eigenvalue weighted by molar-refractivity contribution is 7.90. The largest absolute Gasteiger partial charge is 0.385 e. The third-order valence-corrected chi connectivity index (χ3v) is 7.24. The molecule has 182 valence electrons. The number of aromatic nitrogens is 3. The Morgan fingerprint density at radius 2 is 1.83 bits per heavy atom. The second-order valence-electron chi connectivity index (χ2n) is 8.12. The minimum absolute atomic E-state index is 0.00223. The smallest absolute Gasteiger partial charge is 0.283 e. The Morgan fingerprint density at radius 3 is 2.54 bits per heavy atom. The lowest BCUT2D eigenvalue weighted by Crippen LogP contribution is -2.31. The van der Waals surface area contributed by atoms with Crippen LogP contribution in [0.3, 0.4) is 0 Å². The number of carbonyl (C=O) groups is 1. The maximum absolute atomic E-state index is 12.7. The Bertz CT molecular complexity index is 1470. The van der Waals surface area contributed by atoms with Crippen molar-refractivity contribution < 1.29 is 13.2 Å². The Hall–Kier alpha value is -3.43. The maximum Gasteiger partial charge on any atom is 0.283 e. The number of sulfonamides is 1. The molecule has 0 bridgehead atoms. The Morgan fingerprint density at radius 1 is 1.06 bits per heavy atom. The lowest BCUT2D eigenvalue weighted by molar-refractivity contribution is 0.0977. The van der Waals surface area contributed by atoms with Crippen LogP contribution in [0.1, 0.15) is 41.6 Å². The summed E-state index contributed by atoms with van der Waals surface area (Å²) in [6.07, 6.45) is 2.19. The molecule has 2 aromatic heterocycles. The SMILES string of the molecule is CCCCNc1ccc(Cn2c(C)nc3ccc(C(=O)NS(=O)(=O)c4ccccc4)nc32)c(Cl)c1. The number of fused-ring (bicyclic) bond motifs is 1. The van der Waals surface area contributed by atoms with Crippen molar-refractivity contribution in [2.24, 2.45) is 0 Å². The number of nitrogens with one attached hydrogen (secondary N) is 2. The van der Waals surface area contributed by atoms with Gasteiger partial charge in [-0.2, -0.15) is 0 Å². The van der Waals surface area contributed by atoms with Crippen molar-refractivity contribution in [3.8, 4) is 0 Å². The zero-order chi connectivity index (χ0) is 25.0. The average molecular weight is 512 g/mol. The van der Waals surface area contributed by atoms with Gasteiger partial charge in [0.1, 0.15) is 17.0 Å². The fourth-order valence-corrected chi connectivity index (χ4v) is 4.85. The zero-order valence-electron chi connectivity index (χ0n) is 19.5. The molecule has 2 heterocycles. The predicted octanol–water partition coefficient (Wildman–Crippen LogP) is 4.77. The van der Waals surface area contributed by atoms with Crippen LogP contribution >= 0.6 is 11.6 Å². The summed E-state index contributed by atoms with van der Waals surface area (Å²) < 4.78 is 29.0. The van der Waals surface area contributed by atoms with E-state index in [9.17, 15) is 13.2 Å². The van der Waals surface area contributed by atoms with Crippen molar-refractivity contribution in [1.82, 2.24) is 19.3 Å². The van der Waals surface area contributed by atoms with Crippen LogP contribution < -0.4 is 10.0 Å². The van der Waals surface area contributed by atoms with Crippen molar-refractivity contribution in [2.75, 3.05) is 11.9 Å². The van der Waals surface area contributed by atoms with Crippen molar-refractivity contribution in [1.29, 1.82) is 0 Å². The van der Waals surface area contributed by atoms with E-state index in [0.29, 0.717) is 28.6 Å². The van der Waals surface area contributed by atoms with E-state index in [1.165, 1.54) is 18.2 Å². The van der Waals surface area contributed by atoms with E-state index in [-0.39, 0.29) is 10.6 Å². The zero-order valence-corrected chi connectivity index (χ0v) is 21.0. The number of aryl methyl sites for hydroxylation is 1. The first-order valence-corrected chi connectivity index (χ1v) is 13.1. The van der Waals surface area contributed by atoms with Crippen LogP contribution in [0.2, 0.25) is 5.02 Å². The number of halogens is 1. The monoisotopic (exact) mass is 511 g/mol. The molecule has 0 saturated heterocycles. The molecule has 4 rings (SSSR count). The fourth-order valence-electron chi connectivity index (χ4n) is 3.63. The predicted molar refractivity (Wildman–Crippen MR) is 137 cm³/mol. The number of unbranched alkanes of at least 4 members (excludes halogenated alkanes) is 1. The molecule has 2 N–H and O–H groups in total. The number of hydrogen-bond donors (Lipinski definition) is 2. The number of carbonyl (C=O) groups excluding carboxylic acids is 1. The van der Waals surface area contributed by atoms with Crippen LogP contribution in [0.15, 0.2) is 65.6 Å². The quantitative estimate of drug-likeness (QED) is 0.313. The Labute approximate surface area is 209 Å². The molecular weight excluding hydrogens is 486 g/mol. The number of amides is 1. The fraction of sp³-hybridized carbons (Fsp3) is 0.240. The molecule has 0 aliphatic heterocycles. The second kappa shape index (κ2) is 10.5. The van der Waals surface area contributed by atoms with Gasteiger partial charge in [0.2, 0.25) is 0 Å². The van der Waals surface area contributed by atoms with Gasteiger partial charge in [0, 0.05) is 17.3 Å². The topological polar surface area (TPSA) is 106 Å². The number of hydrogen-bond acceptors (Lipinski definition) is 6. The van der Waals surface area contributed by atoms with Crippen LogP contribution in [0.5, 0.6) is 0 Å². The van der Waals surface area contributed by atoms with Gasteiger partial charge in [-0.05, 0) is 55.3 Å². The molecule has 0 radical (unpaired) electrons. The molecule has 4 aromatic rings. The number of pyridine rings is 1. The summed E-state index contributed by atoms with van der Waals surface area (Å²) in [5.74, 6) is -0.120. The lowest BCUT2D eigenvalue weighted by atomic mass is 10.2. The molecule has 0 fully saturated rings. The van der Waals surface area contributed by atoms with E-state index >= 15 is 0 Å². The molecule has 1 amide bonds. The van der Waals surface area contributed by atoms with Gasteiger partial charge in [0.05, 0.1) is 11.4 Å². The van der Waals surface area contributed by atoms with E-state index in [0.717, 1.165) is 30.6 Å². The number of rotatable bonds is 9. The minimum Gasteiger partial charge on any atom is -0.385 e. The van der Waals surface area contributed by atoms with Crippen LogP contribution in [-0.4, -0.2) is 35.4 Å². The van der Waals surface area contributed by atoms with Crippen molar-refractivity contribution in [3.63, 3.8) is 0 Å². The molecule has 0 unspecified atom stereocenters. The summed E-state index contributed by atoms with van der Waals surface area (Å²) >= 11 is 6.55. The van der Waals surface area contributed by atoms with Crippen LogP contribution in [0, 0.1) is 6.92 Å². The molecule has 8 nitrogen and oxygen atoms in total. The first-order valence-electron chi connectivity index (χ1n) is 11.3. The molecule has 0 saturated carbocycles. The third-order valence-electron chi connectivity index (χ3n) is 5.54. The van der Waals surface area contributed by atoms with Gasteiger partial charge < -0.3 is 9.88 Å². The van der Waals surface area contributed by atoms with E-state index in [4.69, 9.17) is 11.6 Å². The number of anilines is 1. The van der Waals surface area contributed by atoms with Crippen molar-refractivity contribution in [2.45, 2.75) is 38.1 Å². The van der Waals surface area contributed by atoms with E-state index in [2.05, 4.69) is 26.9 Å². The Kier molecular flexibility index (Phi) is 7.37. The first kappa shape index (κ1) is 24.7. The summed E-state index contributed by atoms with van der Waals surface area (Å²) in [6.45, 7) is 5.26. The summed E-state index contributed by atoms with van der Waals surface area (Å²) in [7, 11) is -4.02. The normalized spacial score (nSPS) is 11.5. The molecule has 2 aromatic carbocycles. The van der Waals surface area contributed by atoms with E-state index < -0.39 is 15.9 Å². The second-order valence-corrected chi connectivity index (χ2v) is 10.2. The van der Waals surface area contributed by atoms with E-state index in [1.807, 2.05) is 29.7 Å². The van der Waals surface area contributed by atoms with Gasteiger partial charge in [-0.25, -0.2) is 23.1 Å². The Balaban J connectivity index is 1.59. The molecular formula is C25H26ClN5O3S. The third kappa shape index (κ3) is 5.63. The van der Waals surface area contributed by atoms with Gasteiger partial charge >= 0.3 is 0 Å². The number of nitrogens with zero attached hydrogens (tertiary/aromatic N) is 3. The highest BCUT2D eigenvalue weighted by Crippen LogP contribution is 2.24. The summed E-state index contributed by atoms with van der Waals surface area (Å²) in [4.78, 5) is 21.7. The number of benzene rings is 2. The maximum atomic E-state index is 12.7. The standard InChI is InChI=1S/C25H26ClN5O3S/c1-3-4-14-27-19-11-10-18(21(26)15-19)16-31-17(2)28-22-12-13-23(29-24(22)31)25(32)30-35(33,34)20-8-6-5-7-9-20/h5-13,15,27H,3-4,14,16H2,1-2H3,(H,30,32). The van der Waals surface area contributed by atoms with Crippen molar-refractivity contribution >= 4 is 44.4 Å². The number of imidazole rings is 1. The highest BCUT2D eigenvalue weighted by atomic mass is 35.5. The van der Waals surface area contributed by atoms with E-state index in [1.54, 1.807) is 24.3 Å². The molecule has 0 spiro atoms. The molecule has 35 heavy (non-hydrogen) atoms. The summed E-state index contributed by atoms with van der Waals surface area (Å²) in [6, 6.07) is 16.6. The van der Waals surface area contributed by atoms with Gasteiger partial charge in [-0.3, -0.25) is 4.79 Å². The molecule has 0 aliphatic rings. The average Bonchev–Trinajstić information content (AvgIpc) is 3.15. The lowest BCUT2D eigenvalue weighted by Gasteiger charge is -2.12.